The van der Waals surface area contributed by atoms with Crippen LogP contribution in [0.4, 0.5) is 5.69 Å². The molecule has 5 nitrogen and oxygen atoms in total. The minimum absolute atomic E-state index is 0.0674. The third-order valence-corrected chi connectivity index (χ3v) is 4.44. The summed E-state index contributed by atoms with van der Waals surface area (Å²) in [6.07, 6.45) is 0. The van der Waals surface area contributed by atoms with E-state index in [4.69, 9.17) is 17.3 Å². The molecule has 1 fully saturated rings. The summed E-state index contributed by atoms with van der Waals surface area (Å²) in [6.45, 7) is 3.57. The molecular formula is C14H20BrClN4O. The van der Waals surface area contributed by atoms with Gasteiger partial charge >= 0.3 is 0 Å². The van der Waals surface area contributed by atoms with Crippen LogP contribution in [0.15, 0.2) is 22.7 Å². The molecular weight excluding hydrogens is 356 g/mol. The first-order chi connectivity index (χ1) is 9.99. The van der Waals surface area contributed by atoms with E-state index < -0.39 is 0 Å². The third-order valence-electron chi connectivity index (χ3n) is 3.63. The second kappa shape index (κ2) is 7.56. The fourth-order valence-corrected chi connectivity index (χ4v) is 3.17. The topological polar surface area (TPSA) is 61.6 Å². The number of amides is 1. The van der Waals surface area contributed by atoms with Gasteiger partial charge in [-0.3, -0.25) is 9.69 Å². The number of halogens is 2. The first kappa shape index (κ1) is 16.7. The summed E-state index contributed by atoms with van der Waals surface area (Å²) in [7, 11) is 2.07. The van der Waals surface area contributed by atoms with Crippen molar-refractivity contribution in [2.24, 2.45) is 5.73 Å². The van der Waals surface area contributed by atoms with E-state index in [0.717, 1.165) is 24.1 Å². The summed E-state index contributed by atoms with van der Waals surface area (Å²) < 4.78 is 0.882. The number of benzene rings is 1. The van der Waals surface area contributed by atoms with Gasteiger partial charge in [0.15, 0.2) is 0 Å². The Morgan fingerprint density at radius 1 is 1.52 bits per heavy atom. The van der Waals surface area contributed by atoms with Gasteiger partial charge in [-0.25, -0.2) is 0 Å². The van der Waals surface area contributed by atoms with Gasteiger partial charge in [-0.1, -0.05) is 27.5 Å². The minimum atomic E-state index is -0.0674. The van der Waals surface area contributed by atoms with Gasteiger partial charge in [0, 0.05) is 36.7 Å². The zero-order valence-corrected chi connectivity index (χ0v) is 14.3. The predicted molar refractivity (Wildman–Crippen MR) is 89.7 cm³/mol. The fourth-order valence-electron chi connectivity index (χ4n) is 2.45. The summed E-state index contributed by atoms with van der Waals surface area (Å²) >= 11 is 9.45. The Bertz CT molecular complexity index is 514. The van der Waals surface area contributed by atoms with E-state index in [0.29, 0.717) is 23.8 Å². The lowest BCUT2D eigenvalue weighted by atomic mass is 10.1. The molecule has 0 aromatic heterocycles. The Morgan fingerprint density at radius 3 is 2.95 bits per heavy atom. The Hall–Kier alpha value is -0.660. The quantitative estimate of drug-likeness (QED) is 0.839. The summed E-state index contributed by atoms with van der Waals surface area (Å²) in [5.74, 6) is -0.0674. The highest BCUT2D eigenvalue weighted by atomic mass is 79.9. The minimum Gasteiger partial charge on any atom is -0.329 e. The molecule has 1 saturated heterocycles. The molecule has 1 amide bonds. The zero-order chi connectivity index (χ0) is 15.4. The molecule has 21 heavy (non-hydrogen) atoms. The Kier molecular flexibility index (Phi) is 6.01. The Labute approximate surface area is 138 Å². The standard InChI is InChI=1S/C14H20BrClN4O/c1-19-4-5-20(11(7-17)8-19)9-14(21)18-13-3-2-10(15)6-12(13)16/h2-3,6,11H,4-5,7-9,17H2,1H3,(H,18,21). The number of likely N-dealkylation sites (N-methyl/N-ethyl adjacent to an activating group) is 1. The van der Waals surface area contributed by atoms with Crippen LogP contribution in [-0.2, 0) is 4.79 Å². The molecule has 0 radical (unpaired) electrons. The van der Waals surface area contributed by atoms with Crippen LogP contribution in [0.25, 0.3) is 0 Å². The number of rotatable bonds is 4. The number of nitrogens with two attached hydrogens (primary N) is 1. The zero-order valence-electron chi connectivity index (χ0n) is 12.0. The number of nitrogens with zero attached hydrogens (tertiary/aromatic N) is 2. The summed E-state index contributed by atoms with van der Waals surface area (Å²) in [4.78, 5) is 16.5. The number of carbonyl (C=O) groups excluding carboxylic acids is 1. The lowest BCUT2D eigenvalue weighted by Gasteiger charge is -2.39. The van der Waals surface area contributed by atoms with Crippen LogP contribution in [0.3, 0.4) is 0 Å². The lowest BCUT2D eigenvalue weighted by Crippen LogP contribution is -2.56. The van der Waals surface area contributed by atoms with E-state index in [1.165, 1.54) is 0 Å². The van der Waals surface area contributed by atoms with Crippen LogP contribution >= 0.6 is 27.5 Å². The molecule has 1 aromatic carbocycles. The largest absolute Gasteiger partial charge is 0.329 e. The molecule has 3 N–H and O–H groups in total. The summed E-state index contributed by atoms with van der Waals surface area (Å²) in [5, 5.41) is 3.37. The van der Waals surface area contributed by atoms with Gasteiger partial charge in [-0.15, -0.1) is 0 Å². The monoisotopic (exact) mass is 374 g/mol. The fraction of sp³-hybridized carbons (Fsp3) is 0.500. The summed E-state index contributed by atoms with van der Waals surface area (Å²) in [5.41, 5.74) is 6.43. The lowest BCUT2D eigenvalue weighted by molar-refractivity contribution is -0.118. The van der Waals surface area contributed by atoms with Crippen molar-refractivity contribution >= 4 is 39.1 Å². The average Bonchev–Trinajstić information content (AvgIpc) is 2.44. The number of hydrogen-bond acceptors (Lipinski definition) is 4. The van der Waals surface area contributed by atoms with Crippen LogP contribution in [-0.4, -0.2) is 61.5 Å². The molecule has 7 heteroatoms. The smallest absolute Gasteiger partial charge is 0.238 e. The molecule has 1 aliphatic heterocycles. The maximum Gasteiger partial charge on any atom is 0.238 e. The third kappa shape index (κ3) is 4.66. The van der Waals surface area contributed by atoms with Crippen molar-refractivity contribution in [3.8, 4) is 0 Å². The molecule has 0 spiro atoms. The van der Waals surface area contributed by atoms with Gasteiger partial charge in [0.25, 0.3) is 0 Å². The predicted octanol–water partition coefficient (Wildman–Crippen LogP) is 1.62. The van der Waals surface area contributed by atoms with Crippen LogP contribution in [0.2, 0.25) is 5.02 Å². The molecule has 0 aliphatic carbocycles. The maximum atomic E-state index is 12.2. The molecule has 0 saturated carbocycles. The van der Waals surface area contributed by atoms with Gasteiger partial charge in [-0.05, 0) is 25.2 Å². The molecule has 0 bridgehead atoms. The first-order valence-corrected chi connectivity index (χ1v) is 8.04. The molecule has 1 heterocycles. The summed E-state index contributed by atoms with van der Waals surface area (Å²) in [6, 6.07) is 5.61. The van der Waals surface area contributed by atoms with Crippen molar-refractivity contribution in [1.29, 1.82) is 0 Å². The van der Waals surface area contributed by atoms with E-state index in [-0.39, 0.29) is 11.9 Å². The van der Waals surface area contributed by atoms with E-state index in [1.54, 1.807) is 12.1 Å². The van der Waals surface area contributed by atoms with E-state index in [1.807, 2.05) is 6.07 Å². The van der Waals surface area contributed by atoms with Gasteiger partial charge in [0.05, 0.1) is 17.3 Å². The molecule has 1 atom stereocenters. The number of nitrogens with one attached hydrogen (secondary N) is 1. The first-order valence-electron chi connectivity index (χ1n) is 6.87. The van der Waals surface area contributed by atoms with Crippen LogP contribution in [0, 0.1) is 0 Å². The number of piperazine rings is 1. The van der Waals surface area contributed by atoms with Crippen molar-refractivity contribution in [2.45, 2.75) is 6.04 Å². The number of hydrogen-bond donors (Lipinski definition) is 2. The average molecular weight is 376 g/mol. The SMILES string of the molecule is CN1CCN(CC(=O)Nc2ccc(Br)cc2Cl)C(CN)C1. The van der Waals surface area contributed by atoms with Crippen molar-refractivity contribution in [3.63, 3.8) is 0 Å². The van der Waals surface area contributed by atoms with E-state index >= 15 is 0 Å². The molecule has 116 valence electrons. The van der Waals surface area contributed by atoms with Gasteiger partial charge < -0.3 is 16.0 Å². The van der Waals surface area contributed by atoms with Gasteiger partial charge in [0.1, 0.15) is 0 Å². The highest BCUT2D eigenvalue weighted by Crippen LogP contribution is 2.25. The Morgan fingerprint density at radius 2 is 2.29 bits per heavy atom. The Balaban J connectivity index is 1.94. The van der Waals surface area contributed by atoms with Crippen molar-refractivity contribution in [3.05, 3.63) is 27.7 Å². The normalized spacial score (nSPS) is 20.5. The molecule has 1 aromatic rings. The molecule has 2 rings (SSSR count). The highest BCUT2D eigenvalue weighted by Gasteiger charge is 2.25. The van der Waals surface area contributed by atoms with Crippen LogP contribution < -0.4 is 11.1 Å². The van der Waals surface area contributed by atoms with Crippen molar-refractivity contribution in [2.75, 3.05) is 45.1 Å². The van der Waals surface area contributed by atoms with Crippen molar-refractivity contribution < 1.29 is 4.79 Å². The molecule has 1 aliphatic rings. The second-order valence-corrected chi connectivity index (χ2v) is 6.62. The van der Waals surface area contributed by atoms with Gasteiger partial charge in [-0.2, -0.15) is 0 Å². The molecule has 1 unspecified atom stereocenters. The maximum absolute atomic E-state index is 12.2. The van der Waals surface area contributed by atoms with Crippen molar-refractivity contribution in [1.82, 2.24) is 9.80 Å². The number of carbonyl (C=O) groups is 1. The highest BCUT2D eigenvalue weighted by molar-refractivity contribution is 9.10. The van der Waals surface area contributed by atoms with E-state index in [2.05, 4.69) is 38.1 Å². The van der Waals surface area contributed by atoms with Crippen LogP contribution in [0.1, 0.15) is 0 Å². The number of anilines is 1. The van der Waals surface area contributed by atoms with E-state index in [9.17, 15) is 4.79 Å². The second-order valence-electron chi connectivity index (χ2n) is 5.29. The van der Waals surface area contributed by atoms with Crippen LogP contribution in [0.5, 0.6) is 0 Å². The van der Waals surface area contributed by atoms with Gasteiger partial charge in [0.2, 0.25) is 5.91 Å².